The fourth-order valence-electron chi connectivity index (χ4n) is 5.00. The topological polar surface area (TPSA) is 56.1 Å². The summed E-state index contributed by atoms with van der Waals surface area (Å²) < 4.78 is 54.4. The van der Waals surface area contributed by atoms with Gasteiger partial charge in [0, 0.05) is 29.8 Å². The van der Waals surface area contributed by atoms with Crippen molar-refractivity contribution in [2.45, 2.75) is 96.6 Å². The van der Waals surface area contributed by atoms with E-state index in [2.05, 4.69) is 44.5 Å². The van der Waals surface area contributed by atoms with Crippen molar-refractivity contribution in [3.63, 3.8) is 0 Å². The summed E-state index contributed by atoms with van der Waals surface area (Å²) in [4.78, 5) is 21.6. The van der Waals surface area contributed by atoms with Gasteiger partial charge in [0.2, 0.25) is 0 Å². The molecule has 0 aliphatic carbocycles. The quantitative estimate of drug-likeness (QED) is 0.420. The lowest BCUT2D eigenvalue weighted by molar-refractivity contribution is -0.137. The van der Waals surface area contributed by atoms with Crippen molar-refractivity contribution in [2.75, 3.05) is 19.8 Å². The van der Waals surface area contributed by atoms with Gasteiger partial charge in [0.25, 0.3) is 5.91 Å². The van der Waals surface area contributed by atoms with Gasteiger partial charge in [-0.15, -0.1) is 11.3 Å². The van der Waals surface area contributed by atoms with Crippen LogP contribution in [0.1, 0.15) is 81.1 Å². The van der Waals surface area contributed by atoms with E-state index in [1.165, 1.54) is 17.4 Å². The molecule has 1 amide bonds. The zero-order valence-corrected chi connectivity index (χ0v) is 23.6. The third-order valence-corrected chi connectivity index (χ3v) is 8.58. The zero-order chi connectivity index (χ0) is 27.7. The Bertz CT molecular complexity index is 1190. The standard InChI is InChI=1S/C28H38F3N3O3S/c1-18(2)34-12-6-8-20(34)17-37-23-11-10-19(28(29,30)31)14-22(23)25(35)32-26-33(15-21-9-7-13-36-21)16-24(38-26)27(3,4)5/h10-11,14,16,18,20-21H,6-9,12-13,15,17H2,1-5H3/t20?,21-/m1/s1. The number of nitrogens with zero attached hydrogens (tertiary/aromatic N) is 3. The van der Waals surface area contributed by atoms with E-state index >= 15 is 0 Å². The van der Waals surface area contributed by atoms with Gasteiger partial charge in [-0.25, -0.2) is 0 Å². The van der Waals surface area contributed by atoms with Gasteiger partial charge in [-0.3, -0.25) is 9.69 Å². The maximum Gasteiger partial charge on any atom is 0.416 e. The van der Waals surface area contributed by atoms with E-state index in [9.17, 15) is 18.0 Å². The fourth-order valence-corrected chi connectivity index (χ4v) is 6.06. The van der Waals surface area contributed by atoms with Crippen molar-refractivity contribution in [3.8, 4) is 5.75 Å². The van der Waals surface area contributed by atoms with E-state index in [0.29, 0.717) is 30.6 Å². The summed E-state index contributed by atoms with van der Waals surface area (Å²) in [5.41, 5.74) is -1.25. The molecule has 0 bridgehead atoms. The van der Waals surface area contributed by atoms with E-state index in [-0.39, 0.29) is 28.9 Å². The monoisotopic (exact) mass is 553 g/mol. The highest BCUT2D eigenvalue weighted by molar-refractivity contribution is 7.09. The number of likely N-dealkylation sites (tertiary alicyclic amines) is 1. The van der Waals surface area contributed by atoms with Crippen molar-refractivity contribution in [2.24, 2.45) is 4.99 Å². The van der Waals surface area contributed by atoms with E-state index < -0.39 is 17.6 Å². The first-order valence-electron chi connectivity index (χ1n) is 13.3. The van der Waals surface area contributed by atoms with Gasteiger partial charge in [-0.05, 0) is 69.7 Å². The zero-order valence-electron chi connectivity index (χ0n) is 22.8. The maximum atomic E-state index is 13.6. The summed E-state index contributed by atoms with van der Waals surface area (Å²) in [6.07, 6.45) is 1.29. The van der Waals surface area contributed by atoms with Crippen LogP contribution in [0.2, 0.25) is 0 Å². The lowest BCUT2D eigenvalue weighted by Crippen LogP contribution is -2.39. The first-order valence-corrected chi connectivity index (χ1v) is 14.2. The van der Waals surface area contributed by atoms with E-state index in [4.69, 9.17) is 9.47 Å². The number of benzene rings is 1. The molecule has 10 heteroatoms. The summed E-state index contributed by atoms with van der Waals surface area (Å²) in [7, 11) is 0. The highest BCUT2D eigenvalue weighted by atomic mass is 32.1. The summed E-state index contributed by atoms with van der Waals surface area (Å²) in [6, 6.07) is 3.55. The fraction of sp³-hybridized carbons (Fsp3) is 0.643. The molecule has 1 aromatic heterocycles. The number of rotatable bonds is 7. The van der Waals surface area contributed by atoms with Gasteiger partial charge in [0.15, 0.2) is 4.80 Å². The Morgan fingerprint density at radius 3 is 2.61 bits per heavy atom. The Kier molecular flexibility index (Phi) is 8.74. The minimum absolute atomic E-state index is 0.0224. The predicted octanol–water partition coefficient (Wildman–Crippen LogP) is 6.04. The molecule has 2 atom stereocenters. The molecule has 6 nitrogen and oxygen atoms in total. The molecule has 0 N–H and O–H groups in total. The number of alkyl halides is 3. The third kappa shape index (κ3) is 6.87. The number of amides is 1. The summed E-state index contributed by atoms with van der Waals surface area (Å²) in [5.74, 6) is -0.623. The average molecular weight is 554 g/mol. The van der Waals surface area contributed by atoms with Gasteiger partial charge >= 0.3 is 6.18 Å². The minimum atomic E-state index is -4.59. The molecule has 2 aromatic rings. The summed E-state index contributed by atoms with van der Waals surface area (Å²) >= 11 is 1.38. The minimum Gasteiger partial charge on any atom is -0.491 e. The van der Waals surface area contributed by atoms with Gasteiger partial charge in [-0.1, -0.05) is 20.8 Å². The summed E-state index contributed by atoms with van der Waals surface area (Å²) in [5, 5.41) is 0. The largest absolute Gasteiger partial charge is 0.491 e. The Morgan fingerprint density at radius 1 is 1.21 bits per heavy atom. The molecule has 4 rings (SSSR count). The van der Waals surface area contributed by atoms with Crippen LogP contribution in [-0.2, 0) is 22.9 Å². The second-order valence-corrected chi connectivity index (χ2v) is 12.5. The molecule has 2 aliphatic heterocycles. The van der Waals surface area contributed by atoms with Gasteiger partial charge in [0.1, 0.15) is 12.4 Å². The number of carbonyl (C=O) groups excluding carboxylic acids is 1. The predicted molar refractivity (Wildman–Crippen MR) is 142 cm³/mol. The molecule has 38 heavy (non-hydrogen) atoms. The first-order chi connectivity index (χ1) is 17.8. The van der Waals surface area contributed by atoms with Crippen LogP contribution in [0.25, 0.3) is 0 Å². The second-order valence-electron chi connectivity index (χ2n) is 11.5. The van der Waals surface area contributed by atoms with Crippen LogP contribution in [-0.4, -0.2) is 53.3 Å². The van der Waals surface area contributed by atoms with Crippen molar-refractivity contribution < 1.29 is 27.4 Å². The number of hydrogen-bond donors (Lipinski definition) is 0. The van der Waals surface area contributed by atoms with Crippen molar-refractivity contribution >= 4 is 17.2 Å². The Morgan fingerprint density at radius 2 is 1.97 bits per heavy atom. The van der Waals surface area contributed by atoms with Gasteiger partial charge < -0.3 is 14.0 Å². The molecule has 1 aromatic carbocycles. The second kappa shape index (κ2) is 11.5. The molecular formula is C28H38F3N3O3S. The van der Waals surface area contributed by atoms with Gasteiger partial charge in [-0.2, -0.15) is 18.2 Å². The number of carbonyl (C=O) groups is 1. The molecule has 2 fully saturated rings. The Hall–Kier alpha value is -2.17. The highest BCUT2D eigenvalue weighted by Gasteiger charge is 2.33. The van der Waals surface area contributed by atoms with Crippen LogP contribution in [0.15, 0.2) is 29.4 Å². The van der Waals surface area contributed by atoms with Crippen LogP contribution >= 0.6 is 11.3 Å². The lowest BCUT2D eigenvalue weighted by Gasteiger charge is -2.28. The van der Waals surface area contributed by atoms with Crippen molar-refractivity contribution in [1.29, 1.82) is 0 Å². The van der Waals surface area contributed by atoms with Crippen LogP contribution in [0.3, 0.4) is 0 Å². The average Bonchev–Trinajstić information content (AvgIpc) is 3.58. The number of halogens is 3. The van der Waals surface area contributed by atoms with Crippen molar-refractivity contribution in [1.82, 2.24) is 9.47 Å². The molecule has 1 unspecified atom stereocenters. The molecular weight excluding hydrogens is 515 g/mol. The number of ether oxygens (including phenoxy) is 2. The number of aromatic nitrogens is 1. The Balaban J connectivity index is 1.68. The molecule has 0 spiro atoms. The van der Waals surface area contributed by atoms with Crippen LogP contribution in [0.5, 0.6) is 5.75 Å². The Labute approximate surface area is 226 Å². The van der Waals surface area contributed by atoms with Gasteiger partial charge in [0.05, 0.1) is 23.8 Å². The van der Waals surface area contributed by atoms with E-state index in [1.807, 2.05) is 10.8 Å². The lowest BCUT2D eigenvalue weighted by atomic mass is 9.95. The molecule has 0 radical (unpaired) electrons. The smallest absolute Gasteiger partial charge is 0.416 e. The number of thiazole rings is 1. The molecule has 0 saturated carbocycles. The molecule has 2 aliphatic rings. The highest BCUT2D eigenvalue weighted by Crippen LogP contribution is 2.33. The molecule has 210 valence electrons. The summed E-state index contributed by atoms with van der Waals surface area (Å²) in [6.45, 7) is 12.9. The van der Waals surface area contributed by atoms with E-state index in [0.717, 1.165) is 49.2 Å². The number of hydrogen-bond acceptors (Lipinski definition) is 5. The van der Waals surface area contributed by atoms with E-state index in [1.54, 1.807) is 0 Å². The third-order valence-electron chi connectivity index (χ3n) is 7.14. The van der Waals surface area contributed by atoms with Crippen molar-refractivity contribution in [3.05, 3.63) is 45.2 Å². The SMILES string of the molecule is CC(C)N1CCCC1COc1ccc(C(F)(F)F)cc1C(=O)N=c1sc(C(C)(C)C)cn1C[C@H]1CCCO1. The van der Waals surface area contributed by atoms with Crippen LogP contribution in [0.4, 0.5) is 13.2 Å². The van der Waals surface area contributed by atoms with Crippen LogP contribution in [0, 0.1) is 0 Å². The molecule has 3 heterocycles. The first kappa shape index (κ1) is 28.8. The molecule has 2 saturated heterocycles. The maximum absolute atomic E-state index is 13.6. The van der Waals surface area contributed by atoms with Crippen LogP contribution < -0.4 is 9.54 Å². The normalized spacial score (nSPS) is 21.6.